The van der Waals surface area contributed by atoms with Crippen LogP contribution in [0.3, 0.4) is 0 Å². The van der Waals surface area contributed by atoms with Crippen molar-refractivity contribution in [3.8, 4) is 17.2 Å². The third kappa shape index (κ3) is 5.08. The molecule has 36 heavy (non-hydrogen) atoms. The minimum absolute atomic E-state index is 0.225. The molecule has 0 radical (unpaired) electrons. The summed E-state index contributed by atoms with van der Waals surface area (Å²) in [4.78, 5) is 47.7. The van der Waals surface area contributed by atoms with E-state index in [1.165, 1.54) is 0 Å². The lowest BCUT2D eigenvalue weighted by molar-refractivity contribution is -0.394. The van der Waals surface area contributed by atoms with Crippen molar-refractivity contribution in [1.29, 1.82) is 0 Å². The molecular formula is C24H20N6O5S. The summed E-state index contributed by atoms with van der Waals surface area (Å²) in [5, 5.41) is 24.3. The molecule has 0 unspecified atom stereocenters. The summed E-state index contributed by atoms with van der Waals surface area (Å²) >= 11 is 1.16. The Kier molecular flexibility index (Phi) is 7.06. The molecule has 0 aliphatic heterocycles. The first-order valence-corrected chi connectivity index (χ1v) is 11.8. The van der Waals surface area contributed by atoms with E-state index in [4.69, 9.17) is 0 Å². The Morgan fingerprint density at radius 3 is 2.06 bits per heavy atom. The van der Waals surface area contributed by atoms with Gasteiger partial charge in [0.1, 0.15) is 0 Å². The first-order valence-electron chi connectivity index (χ1n) is 11.0. The molecule has 0 aliphatic carbocycles. The monoisotopic (exact) mass is 504 g/mol. The highest BCUT2D eigenvalue weighted by atomic mass is 32.1. The zero-order valence-corrected chi connectivity index (χ0v) is 20.1. The van der Waals surface area contributed by atoms with Gasteiger partial charge in [0.15, 0.2) is 0 Å². The highest BCUT2D eigenvalue weighted by molar-refractivity contribution is 7.07. The molecule has 2 aromatic heterocycles. The number of hydrogen-bond acceptors (Lipinski definition) is 8. The summed E-state index contributed by atoms with van der Waals surface area (Å²) in [6, 6.07) is 14.1. The molecule has 12 heteroatoms. The van der Waals surface area contributed by atoms with Gasteiger partial charge < -0.3 is 0 Å². The number of thiazole rings is 1. The predicted octanol–water partition coefficient (Wildman–Crippen LogP) is 4.68. The number of carbonyl (C=O) groups is 1. The van der Waals surface area contributed by atoms with Gasteiger partial charge in [-0.1, -0.05) is 44.2 Å². The van der Waals surface area contributed by atoms with Crippen molar-refractivity contribution in [3.05, 3.63) is 102 Å². The Balaban J connectivity index is 1.94. The van der Waals surface area contributed by atoms with Crippen molar-refractivity contribution in [3.63, 3.8) is 0 Å². The minimum Gasteiger partial charge on any atom is -0.267 e. The SMILES string of the molecule is CCc1cc(CC)nc(-n2c(-c3ccccc3)csc2=NC(=O)c2cc([N+](=O)[O-])cc([N+](=O)[O-])c2)n1. The van der Waals surface area contributed by atoms with Gasteiger partial charge >= 0.3 is 0 Å². The molecule has 0 N–H and O–H groups in total. The summed E-state index contributed by atoms with van der Waals surface area (Å²) in [5.74, 6) is -0.526. The summed E-state index contributed by atoms with van der Waals surface area (Å²) in [6.45, 7) is 3.96. The molecule has 0 spiro atoms. The molecule has 0 atom stereocenters. The number of rotatable bonds is 7. The molecule has 0 fully saturated rings. The Morgan fingerprint density at radius 2 is 1.53 bits per heavy atom. The first-order chi connectivity index (χ1) is 17.3. The average molecular weight is 505 g/mol. The quantitative estimate of drug-likeness (QED) is 0.262. The number of aromatic nitrogens is 3. The molecule has 0 bridgehead atoms. The van der Waals surface area contributed by atoms with Gasteiger partial charge in [-0.3, -0.25) is 29.6 Å². The molecule has 0 aliphatic rings. The lowest BCUT2D eigenvalue weighted by Gasteiger charge is -2.10. The Morgan fingerprint density at radius 1 is 0.944 bits per heavy atom. The van der Waals surface area contributed by atoms with Crippen LogP contribution in [0.2, 0.25) is 0 Å². The van der Waals surface area contributed by atoms with E-state index in [9.17, 15) is 25.0 Å². The number of hydrogen-bond donors (Lipinski definition) is 0. The maximum atomic E-state index is 13.1. The van der Waals surface area contributed by atoms with E-state index in [-0.39, 0.29) is 10.4 Å². The summed E-state index contributed by atoms with van der Waals surface area (Å²) in [5.41, 5.74) is 1.78. The van der Waals surface area contributed by atoms with Crippen LogP contribution in [0.5, 0.6) is 0 Å². The lowest BCUT2D eigenvalue weighted by atomic mass is 10.1. The second-order valence-corrected chi connectivity index (χ2v) is 8.47. The van der Waals surface area contributed by atoms with Crippen LogP contribution >= 0.6 is 11.3 Å². The van der Waals surface area contributed by atoms with Gasteiger partial charge in [-0.25, -0.2) is 9.97 Å². The van der Waals surface area contributed by atoms with Crippen LogP contribution in [0, 0.1) is 20.2 Å². The summed E-state index contributed by atoms with van der Waals surface area (Å²) < 4.78 is 1.65. The lowest BCUT2D eigenvalue weighted by Crippen LogP contribution is -2.20. The fourth-order valence-electron chi connectivity index (χ4n) is 3.47. The average Bonchev–Trinajstić information content (AvgIpc) is 3.31. The van der Waals surface area contributed by atoms with Crippen molar-refractivity contribution in [2.45, 2.75) is 26.7 Å². The van der Waals surface area contributed by atoms with Gasteiger partial charge in [-0.05, 0) is 24.5 Å². The normalized spacial score (nSPS) is 11.4. The van der Waals surface area contributed by atoms with E-state index < -0.39 is 27.1 Å². The van der Waals surface area contributed by atoms with Crippen LogP contribution in [0.15, 0.2) is 65.0 Å². The molecular weight excluding hydrogens is 484 g/mol. The summed E-state index contributed by atoms with van der Waals surface area (Å²) in [6.07, 6.45) is 1.35. The number of nitro benzene ring substituents is 2. The van der Waals surface area contributed by atoms with Gasteiger partial charge in [-0.2, -0.15) is 4.99 Å². The third-order valence-electron chi connectivity index (χ3n) is 5.29. The number of non-ortho nitro benzene ring substituents is 2. The highest BCUT2D eigenvalue weighted by Gasteiger charge is 2.21. The largest absolute Gasteiger partial charge is 0.280 e. The van der Waals surface area contributed by atoms with Crippen molar-refractivity contribution in [2.24, 2.45) is 4.99 Å². The van der Waals surface area contributed by atoms with Crippen molar-refractivity contribution in [1.82, 2.24) is 14.5 Å². The number of benzene rings is 2. The van der Waals surface area contributed by atoms with Crippen LogP contribution in [0.4, 0.5) is 11.4 Å². The smallest absolute Gasteiger partial charge is 0.267 e. The van der Waals surface area contributed by atoms with E-state index in [0.717, 1.165) is 46.5 Å². The van der Waals surface area contributed by atoms with Gasteiger partial charge in [0.2, 0.25) is 10.7 Å². The highest BCUT2D eigenvalue weighted by Crippen LogP contribution is 2.25. The molecule has 2 aromatic carbocycles. The van der Waals surface area contributed by atoms with Crippen LogP contribution in [0.1, 0.15) is 35.6 Å². The third-order valence-corrected chi connectivity index (χ3v) is 6.12. The van der Waals surface area contributed by atoms with Crippen LogP contribution in [-0.2, 0) is 12.8 Å². The van der Waals surface area contributed by atoms with Gasteiger partial charge in [0, 0.05) is 28.9 Å². The number of aryl methyl sites for hydroxylation is 2. The zero-order chi connectivity index (χ0) is 25.8. The summed E-state index contributed by atoms with van der Waals surface area (Å²) in [7, 11) is 0. The first kappa shape index (κ1) is 24.5. The van der Waals surface area contributed by atoms with E-state index in [0.29, 0.717) is 24.5 Å². The number of nitro groups is 2. The Labute approximate surface area is 208 Å². The maximum Gasteiger partial charge on any atom is 0.280 e. The van der Waals surface area contributed by atoms with E-state index in [1.54, 1.807) is 4.57 Å². The predicted molar refractivity (Wildman–Crippen MR) is 133 cm³/mol. The van der Waals surface area contributed by atoms with Gasteiger partial charge in [-0.15, -0.1) is 11.3 Å². The van der Waals surface area contributed by atoms with Gasteiger partial charge in [0.25, 0.3) is 17.3 Å². The topological polar surface area (TPSA) is 146 Å². The second-order valence-electron chi connectivity index (χ2n) is 7.63. The minimum atomic E-state index is -0.862. The fourth-order valence-corrected chi connectivity index (χ4v) is 4.35. The van der Waals surface area contributed by atoms with Crippen molar-refractivity contribution < 1.29 is 14.6 Å². The van der Waals surface area contributed by atoms with Crippen LogP contribution < -0.4 is 4.80 Å². The number of nitrogens with zero attached hydrogens (tertiary/aromatic N) is 6. The van der Waals surface area contributed by atoms with E-state index in [1.807, 2.05) is 55.6 Å². The molecule has 11 nitrogen and oxygen atoms in total. The standard InChI is InChI=1S/C24H20N6O5S/c1-3-17-12-18(4-2)26-23(25-17)28-21(15-8-6-5-7-9-15)14-36-24(28)27-22(31)16-10-19(29(32)33)13-20(11-16)30(34)35/h5-14H,3-4H2,1-2H3. The molecule has 4 rings (SSSR count). The van der Waals surface area contributed by atoms with E-state index in [2.05, 4.69) is 15.0 Å². The second kappa shape index (κ2) is 10.4. The Bertz CT molecular complexity index is 1490. The van der Waals surface area contributed by atoms with Crippen LogP contribution in [-0.4, -0.2) is 30.3 Å². The van der Waals surface area contributed by atoms with Crippen molar-refractivity contribution in [2.75, 3.05) is 0 Å². The Hall–Kier alpha value is -4.58. The molecule has 4 aromatic rings. The number of carbonyl (C=O) groups excluding carboxylic acids is 1. The molecule has 2 heterocycles. The van der Waals surface area contributed by atoms with Crippen molar-refractivity contribution >= 4 is 28.6 Å². The fraction of sp³-hybridized carbons (Fsp3) is 0.167. The van der Waals surface area contributed by atoms with E-state index >= 15 is 0 Å². The number of amides is 1. The van der Waals surface area contributed by atoms with Crippen LogP contribution in [0.25, 0.3) is 17.2 Å². The molecule has 182 valence electrons. The molecule has 0 saturated heterocycles. The maximum absolute atomic E-state index is 13.1. The molecule has 1 amide bonds. The van der Waals surface area contributed by atoms with Gasteiger partial charge in [0.05, 0.1) is 27.2 Å². The zero-order valence-electron chi connectivity index (χ0n) is 19.3. The molecule has 0 saturated carbocycles.